The highest BCUT2D eigenvalue weighted by atomic mass is 79.9. The fraction of sp³-hybridized carbons (Fsp3) is 0.438. The van der Waals surface area contributed by atoms with Gasteiger partial charge < -0.3 is 9.64 Å². The Bertz CT molecular complexity index is 847. The van der Waals surface area contributed by atoms with Gasteiger partial charge in [-0.3, -0.25) is 0 Å². The molecule has 3 heterocycles. The van der Waals surface area contributed by atoms with Crippen LogP contribution in [0.2, 0.25) is 0 Å². The molecule has 1 aromatic carbocycles. The first-order valence-electron chi connectivity index (χ1n) is 8.16. The lowest BCUT2D eigenvalue weighted by molar-refractivity contribution is 0.423. The number of hydrogen-bond acceptors (Lipinski definition) is 8. The molecule has 4 rings (SSSR count). The van der Waals surface area contributed by atoms with Crippen LogP contribution in [0.5, 0.6) is 0 Å². The molecule has 0 fully saturated rings. The number of benzene rings is 1. The van der Waals surface area contributed by atoms with Crippen LogP contribution in [0.15, 0.2) is 26.0 Å². The summed E-state index contributed by atoms with van der Waals surface area (Å²) in [6.45, 7) is 2.24. The SMILES string of the molecule is COC=Nc1c(N=Nc2nc(Br)ns2)cc2c3c1CCCN3CCC2. The van der Waals surface area contributed by atoms with Crippen molar-refractivity contribution in [3.63, 3.8) is 0 Å². The standard InChI is InChI=1S/C16H17BrN6OS/c1-24-9-18-13-11-5-3-7-23-6-2-4-10(14(11)23)8-12(13)20-21-16-19-15(17)22-25-16/h8-9H,2-7H2,1H3. The van der Waals surface area contributed by atoms with Crippen molar-refractivity contribution in [3.8, 4) is 0 Å². The number of hydrogen-bond donors (Lipinski definition) is 0. The van der Waals surface area contributed by atoms with E-state index in [2.05, 4.69) is 51.5 Å². The van der Waals surface area contributed by atoms with E-state index in [0.29, 0.717) is 9.87 Å². The molecule has 0 spiro atoms. The molecule has 0 N–H and O–H groups in total. The molecule has 0 amide bonds. The first-order chi connectivity index (χ1) is 12.3. The van der Waals surface area contributed by atoms with Gasteiger partial charge in [-0.15, -0.1) is 10.2 Å². The molecule has 2 aliphatic rings. The second kappa shape index (κ2) is 7.17. The Kier molecular flexibility index (Phi) is 4.76. The molecule has 0 atom stereocenters. The molecule has 130 valence electrons. The summed E-state index contributed by atoms with van der Waals surface area (Å²) in [6, 6.07) is 2.11. The van der Waals surface area contributed by atoms with Crippen LogP contribution < -0.4 is 4.90 Å². The Balaban J connectivity index is 1.82. The Labute approximate surface area is 158 Å². The van der Waals surface area contributed by atoms with Gasteiger partial charge in [-0.1, -0.05) is 0 Å². The van der Waals surface area contributed by atoms with E-state index >= 15 is 0 Å². The highest BCUT2D eigenvalue weighted by molar-refractivity contribution is 9.10. The third-order valence-corrected chi connectivity index (χ3v) is 5.59. The minimum absolute atomic E-state index is 0.515. The van der Waals surface area contributed by atoms with Crippen LogP contribution in [0, 0.1) is 0 Å². The van der Waals surface area contributed by atoms with Gasteiger partial charge >= 0.3 is 0 Å². The maximum Gasteiger partial charge on any atom is 0.250 e. The number of nitrogens with zero attached hydrogens (tertiary/aromatic N) is 6. The largest absolute Gasteiger partial charge is 0.486 e. The van der Waals surface area contributed by atoms with Crippen molar-refractivity contribution >= 4 is 56.1 Å². The third kappa shape index (κ3) is 3.30. The van der Waals surface area contributed by atoms with Crippen molar-refractivity contribution in [2.75, 3.05) is 25.1 Å². The van der Waals surface area contributed by atoms with E-state index in [4.69, 9.17) is 4.74 Å². The quantitative estimate of drug-likeness (QED) is 0.407. The molecule has 0 saturated heterocycles. The van der Waals surface area contributed by atoms with Crippen LogP contribution in [-0.2, 0) is 17.6 Å². The van der Waals surface area contributed by atoms with Crippen molar-refractivity contribution < 1.29 is 4.74 Å². The summed E-state index contributed by atoms with van der Waals surface area (Å²) in [7, 11) is 1.60. The van der Waals surface area contributed by atoms with Crippen LogP contribution in [0.4, 0.5) is 22.2 Å². The lowest BCUT2D eigenvalue weighted by Gasteiger charge is -2.37. The lowest BCUT2D eigenvalue weighted by atomic mass is 9.90. The minimum Gasteiger partial charge on any atom is -0.486 e. The van der Waals surface area contributed by atoms with Gasteiger partial charge in [0, 0.05) is 35.9 Å². The Morgan fingerprint density at radius 1 is 1.28 bits per heavy atom. The molecule has 0 radical (unpaired) electrons. The number of methoxy groups -OCH3 is 1. The topological polar surface area (TPSA) is 75.3 Å². The zero-order valence-corrected chi connectivity index (χ0v) is 16.2. The van der Waals surface area contributed by atoms with E-state index in [0.717, 1.165) is 43.7 Å². The van der Waals surface area contributed by atoms with Gasteiger partial charge in [0.15, 0.2) is 6.40 Å². The minimum atomic E-state index is 0.515. The number of anilines is 1. The first-order valence-corrected chi connectivity index (χ1v) is 9.73. The van der Waals surface area contributed by atoms with Crippen molar-refractivity contribution in [1.82, 2.24) is 9.36 Å². The van der Waals surface area contributed by atoms with E-state index in [1.54, 1.807) is 7.11 Å². The summed E-state index contributed by atoms with van der Waals surface area (Å²) in [5, 5.41) is 9.19. The van der Waals surface area contributed by atoms with E-state index in [1.807, 2.05) is 0 Å². The summed E-state index contributed by atoms with van der Waals surface area (Å²) in [4.78, 5) is 11.2. The second-order valence-corrected chi connectivity index (χ2v) is 7.38. The Hall–Kier alpha value is -1.87. The summed E-state index contributed by atoms with van der Waals surface area (Å²) >= 11 is 4.44. The number of rotatable bonds is 4. The molecule has 25 heavy (non-hydrogen) atoms. The zero-order chi connectivity index (χ0) is 17.2. The van der Waals surface area contributed by atoms with E-state index < -0.39 is 0 Å². The van der Waals surface area contributed by atoms with Crippen molar-refractivity contribution in [1.29, 1.82) is 0 Å². The first kappa shape index (κ1) is 16.6. The van der Waals surface area contributed by atoms with E-state index in [-0.39, 0.29) is 0 Å². The summed E-state index contributed by atoms with van der Waals surface area (Å²) in [5.74, 6) is 0. The van der Waals surface area contributed by atoms with Crippen LogP contribution in [-0.4, -0.2) is 36.0 Å². The van der Waals surface area contributed by atoms with Gasteiger partial charge in [-0.2, -0.15) is 9.36 Å². The number of aromatic nitrogens is 2. The monoisotopic (exact) mass is 420 g/mol. The van der Waals surface area contributed by atoms with E-state index in [9.17, 15) is 0 Å². The summed E-state index contributed by atoms with van der Waals surface area (Å²) in [5.41, 5.74) is 5.55. The molecule has 7 nitrogen and oxygen atoms in total. The zero-order valence-electron chi connectivity index (χ0n) is 13.8. The molecule has 0 bridgehead atoms. The van der Waals surface area contributed by atoms with Crippen molar-refractivity contribution in [3.05, 3.63) is 21.9 Å². The van der Waals surface area contributed by atoms with Crippen molar-refractivity contribution in [2.24, 2.45) is 15.2 Å². The van der Waals surface area contributed by atoms with Crippen LogP contribution in [0.1, 0.15) is 24.0 Å². The Morgan fingerprint density at radius 2 is 2.12 bits per heavy atom. The molecule has 9 heteroatoms. The maximum atomic E-state index is 5.05. The summed E-state index contributed by atoms with van der Waals surface area (Å²) < 4.78 is 9.64. The average Bonchev–Trinajstić information content (AvgIpc) is 3.05. The van der Waals surface area contributed by atoms with E-state index in [1.165, 1.54) is 41.2 Å². The highest BCUT2D eigenvalue weighted by Crippen LogP contribution is 2.46. The van der Waals surface area contributed by atoms with Crippen molar-refractivity contribution in [2.45, 2.75) is 25.7 Å². The second-order valence-electron chi connectivity index (χ2n) is 5.94. The smallest absolute Gasteiger partial charge is 0.250 e. The molecule has 2 aliphatic heterocycles. The lowest BCUT2D eigenvalue weighted by Crippen LogP contribution is -2.34. The van der Waals surface area contributed by atoms with Gasteiger partial charge in [0.2, 0.25) is 9.87 Å². The fourth-order valence-electron chi connectivity index (χ4n) is 3.49. The molecule has 0 saturated carbocycles. The van der Waals surface area contributed by atoms with Gasteiger partial charge in [-0.05, 0) is 53.2 Å². The molecule has 2 aromatic rings. The Morgan fingerprint density at radius 3 is 2.88 bits per heavy atom. The average molecular weight is 421 g/mol. The number of halogens is 1. The number of aryl methyl sites for hydroxylation is 1. The predicted molar refractivity (Wildman–Crippen MR) is 102 cm³/mol. The van der Waals surface area contributed by atoms with Gasteiger partial charge in [0.05, 0.1) is 12.8 Å². The fourth-order valence-corrected chi connectivity index (χ4v) is 4.39. The molecular formula is C16H17BrN6OS. The van der Waals surface area contributed by atoms with Crippen LogP contribution >= 0.6 is 27.5 Å². The van der Waals surface area contributed by atoms with Gasteiger partial charge in [-0.25, -0.2) is 4.99 Å². The molecule has 0 aliphatic carbocycles. The van der Waals surface area contributed by atoms with Gasteiger partial charge in [0.1, 0.15) is 5.69 Å². The number of ether oxygens (including phenoxy) is 1. The normalized spacial score (nSPS) is 16.6. The number of aliphatic imine (C=N–C) groups is 1. The van der Waals surface area contributed by atoms with Gasteiger partial charge in [0.25, 0.3) is 0 Å². The van der Waals surface area contributed by atoms with Crippen LogP contribution in [0.3, 0.4) is 0 Å². The molecule has 1 aromatic heterocycles. The van der Waals surface area contributed by atoms with Crippen LogP contribution in [0.25, 0.3) is 0 Å². The molecular weight excluding hydrogens is 404 g/mol. The maximum absolute atomic E-state index is 5.05. The highest BCUT2D eigenvalue weighted by Gasteiger charge is 2.27. The third-order valence-electron chi connectivity index (χ3n) is 4.40. The summed E-state index contributed by atoms with van der Waals surface area (Å²) in [6.07, 6.45) is 5.84. The predicted octanol–water partition coefficient (Wildman–Crippen LogP) is 4.72. The number of azo groups is 1. The molecule has 0 unspecified atom stereocenters.